The van der Waals surface area contributed by atoms with Crippen LogP contribution in [-0.4, -0.2) is 18.9 Å². The van der Waals surface area contributed by atoms with E-state index in [1.807, 2.05) is 62.4 Å². The Morgan fingerprint density at radius 2 is 1.69 bits per heavy atom. The Labute approximate surface area is 196 Å². The zero-order chi connectivity index (χ0) is 22.8. The number of benzene rings is 3. The van der Waals surface area contributed by atoms with Gasteiger partial charge in [-0.3, -0.25) is 9.59 Å². The van der Waals surface area contributed by atoms with Gasteiger partial charge in [0, 0.05) is 15.6 Å². The molecule has 1 aliphatic heterocycles. The lowest BCUT2D eigenvalue weighted by atomic mass is 10.1. The molecule has 0 bridgehead atoms. The number of imide groups is 1. The molecular formula is C25H21ClN2O3S. The highest BCUT2D eigenvalue weighted by Gasteiger charge is 2.41. The highest BCUT2D eigenvalue weighted by Crippen LogP contribution is 2.41. The van der Waals surface area contributed by atoms with E-state index in [1.54, 1.807) is 18.2 Å². The van der Waals surface area contributed by atoms with Crippen molar-refractivity contribution in [2.75, 3.05) is 17.3 Å². The fraction of sp³-hybridized carbons (Fsp3) is 0.120. The van der Waals surface area contributed by atoms with Crippen LogP contribution in [0.4, 0.5) is 11.4 Å². The first kappa shape index (κ1) is 22.0. The van der Waals surface area contributed by atoms with Crippen LogP contribution < -0.4 is 15.0 Å². The molecule has 0 saturated heterocycles. The minimum absolute atomic E-state index is 0.222. The minimum atomic E-state index is -0.463. The van der Waals surface area contributed by atoms with Crippen molar-refractivity contribution in [2.45, 2.75) is 18.7 Å². The molecule has 0 atom stereocenters. The molecule has 1 N–H and O–H groups in total. The minimum Gasteiger partial charge on any atom is -0.495 e. The first-order valence-corrected chi connectivity index (χ1v) is 11.1. The van der Waals surface area contributed by atoms with Gasteiger partial charge in [-0.1, -0.05) is 53.7 Å². The van der Waals surface area contributed by atoms with Crippen molar-refractivity contribution >= 4 is 46.6 Å². The molecular weight excluding hydrogens is 444 g/mol. The van der Waals surface area contributed by atoms with E-state index < -0.39 is 11.8 Å². The van der Waals surface area contributed by atoms with E-state index in [0.717, 1.165) is 26.6 Å². The van der Waals surface area contributed by atoms with Crippen molar-refractivity contribution in [3.63, 3.8) is 0 Å². The van der Waals surface area contributed by atoms with Gasteiger partial charge in [0.05, 0.1) is 12.8 Å². The number of methoxy groups -OCH3 is 1. The standard InChI is InChI=1S/C25H21ClN2O3S/c1-15-9-10-16(2)19(13-15)27-22-23(32-18-7-5-4-6-8-18)25(30)28(24(22)29)20-14-17(26)11-12-21(20)31-3/h4-14,27H,1-3H3. The summed E-state index contributed by atoms with van der Waals surface area (Å²) in [6.45, 7) is 3.93. The molecule has 5 nitrogen and oxygen atoms in total. The fourth-order valence-corrected chi connectivity index (χ4v) is 4.50. The van der Waals surface area contributed by atoms with Gasteiger partial charge in [0.25, 0.3) is 11.8 Å². The van der Waals surface area contributed by atoms with E-state index in [0.29, 0.717) is 21.4 Å². The van der Waals surface area contributed by atoms with Crippen molar-refractivity contribution in [1.82, 2.24) is 0 Å². The highest BCUT2D eigenvalue weighted by atomic mass is 35.5. The average molecular weight is 465 g/mol. The number of carbonyl (C=O) groups is 2. The summed E-state index contributed by atoms with van der Waals surface area (Å²) in [6, 6.07) is 20.2. The summed E-state index contributed by atoms with van der Waals surface area (Å²) < 4.78 is 5.40. The lowest BCUT2D eigenvalue weighted by molar-refractivity contribution is -0.120. The van der Waals surface area contributed by atoms with Crippen molar-refractivity contribution in [2.24, 2.45) is 0 Å². The molecule has 0 unspecified atom stereocenters. The number of hydrogen-bond donors (Lipinski definition) is 1. The number of nitrogens with one attached hydrogen (secondary N) is 1. The molecule has 0 fully saturated rings. The van der Waals surface area contributed by atoms with Crippen LogP contribution in [0.5, 0.6) is 5.75 Å². The summed E-state index contributed by atoms with van der Waals surface area (Å²) in [5.74, 6) is -0.514. The summed E-state index contributed by atoms with van der Waals surface area (Å²) in [4.78, 5) is 29.4. The van der Waals surface area contributed by atoms with Crippen molar-refractivity contribution in [1.29, 1.82) is 0 Å². The molecule has 32 heavy (non-hydrogen) atoms. The Morgan fingerprint density at radius 1 is 0.938 bits per heavy atom. The smallest absolute Gasteiger partial charge is 0.283 e. The van der Waals surface area contributed by atoms with Gasteiger partial charge in [0.15, 0.2) is 0 Å². The Kier molecular flexibility index (Phi) is 6.26. The molecule has 3 aromatic carbocycles. The van der Waals surface area contributed by atoms with Gasteiger partial charge < -0.3 is 10.1 Å². The molecule has 0 radical (unpaired) electrons. The molecule has 4 rings (SSSR count). The Balaban J connectivity index is 1.81. The number of ether oxygens (including phenoxy) is 1. The lowest BCUT2D eigenvalue weighted by Gasteiger charge is -2.19. The molecule has 0 aromatic heterocycles. The van der Waals surface area contributed by atoms with E-state index in [4.69, 9.17) is 16.3 Å². The summed E-state index contributed by atoms with van der Waals surface area (Å²) in [6.07, 6.45) is 0. The largest absolute Gasteiger partial charge is 0.495 e. The molecule has 7 heteroatoms. The lowest BCUT2D eigenvalue weighted by Crippen LogP contribution is -2.32. The monoisotopic (exact) mass is 464 g/mol. The third-order valence-electron chi connectivity index (χ3n) is 5.04. The van der Waals surface area contributed by atoms with E-state index in [2.05, 4.69) is 5.32 Å². The van der Waals surface area contributed by atoms with Crippen LogP contribution in [0.3, 0.4) is 0 Å². The van der Waals surface area contributed by atoms with Gasteiger partial charge in [-0.2, -0.15) is 0 Å². The molecule has 0 aliphatic carbocycles. The molecule has 3 aromatic rings. The quantitative estimate of drug-likeness (QED) is 0.456. The number of anilines is 2. The summed E-state index contributed by atoms with van der Waals surface area (Å²) in [5.41, 5.74) is 3.30. The van der Waals surface area contributed by atoms with Gasteiger partial charge in [0.2, 0.25) is 0 Å². The molecule has 0 saturated carbocycles. The van der Waals surface area contributed by atoms with Gasteiger partial charge in [-0.15, -0.1) is 0 Å². The fourth-order valence-electron chi connectivity index (χ4n) is 3.38. The maximum atomic E-state index is 13.6. The average Bonchev–Trinajstić information content (AvgIpc) is 3.00. The Morgan fingerprint density at radius 3 is 2.41 bits per heavy atom. The second-order valence-electron chi connectivity index (χ2n) is 7.32. The Hall–Kier alpha value is -3.22. The van der Waals surface area contributed by atoms with Crippen LogP contribution in [0.25, 0.3) is 0 Å². The third kappa shape index (κ3) is 4.24. The van der Waals surface area contributed by atoms with Crippen molar-refractivity contribution in [3.05, 3.63) is 93.5 Å². The van der Waals surface area contributed by atoms with E-state index in [9.17, 15) is 9.59 Å². The topological polar surface area (TPSA) is 58.6 Å². The van der Waals surface area contributed by atoms with Crippen LogP contribution in [-0.2, 0) is 9.59 Å². The maximum absolute atomic E-state index is 13.6. The number of nitrogens with zero attached hydrogens (tertiary/aromatic N) is 1. The normalized spacial score (nSPS) is 13.7. The van der Waals surface area contributed by atoms with Crippen LogP contribution in [0.2, 0.25) is 5.02 Å². The van der Waals surface area contributed by atoms with Gasteiger partial charge >= 0.3 is 0 Å². The number of halogens is 1. The summed E-state index contributed by atoms with van der Waals surface area (Å²) in [5, 5.41) is 3.62. The molecule has 1 heterocycles. The van der Waals surface area contributed by atoms with Gasteiger partial charge in [-0.05, 0) is 61.4 Å². The zero-order valence-corrected chi connectivity index (χ0v) is 19.4. The van der Waals surface area contributed by atoms with Gasteiger partial charge in [0.1, 0.15) is 16.4 Å². The van der Waals surface area contributed by atoms with E-state index in [1.165, 1.54) is 18.9 Å². The number of aryl methyl sites for hydroxylation is 2. The number of thioether (sulfide) groups is 1. The summed E-state index contributed by atoms with van der Waals surface area (Å²) in [7, 11) is 1.49. The SMILES string of the molecule is COc1ccc(Cl)cc1N1C(=O)C(Nc2cc(C)ccc2C)=C(Sc2ccccc2)C1=O. The van der Waals surface area contributed by atoms with E-state index in [-0.39, 0.29) is 5.70 Å². The number of carbonyl (C=O) groups excluding carboxylic acids is 2. The zero-order valence-electron chi connectivity index (χ0n) is 17.8. The van der Waals surface area contributed by atoms with Gasteiger partial charge in [-0.25, -0.2) is 4.90 Å². The Bertz CT molecular complexity index is 1240. The second-order valence-corrected chi connectivity index (χ2v) is 8.84. The van der Waals surface area contributed by atoms with Crippen molar-refractivity contribution in [3.8, 4) is 5.75 Å². The van der Waals surface area contributed by atoms with E-state index >= 15 is 0 Å². The summed E-state index contributed by atoms with van der Waals surface area (Å²) >= 11 is 7.43. The van der Waals surface area contributed by atoms with Crippen LogP contribution in [0, 0.1) is 13.8 Å². The molecule has 1 aliphatic rings. The second kappa shape index (κ2) is 9.10. The number of hydrogen-bond acceptors (Lipinski definition) is 5. The molecule has 0 spiro atoms. The number of amides is 2. The van der Waals surface area contributed by atoms with Crippen LogP contribution in [0.1, 0.15) is 11.1 Å². The predicted octanol–water partition coefficient (Wildman–Crippen LogP) is 5.95. The highest BCUT2D eigenvalue weighted by molar-refractivity contribution is 8.04. The first-order chi connectivity index (χ1) is 15.4. The van der Waals surface area contributed by atoms with Crippen LogP contribution >= 0.6 is 23.4 Å². The predicted molar refractivity (Wildman–Crippen MR) is 129 cm³/mol. The molecule has 162 valence electrons. The van der Waals surface area contributed by atoms with Crippen molar-refractivity contribution < 1.29 is 14.3 Å². The maximum Gasteiger partial charge on any atom is 0.283 e. The third-order valence-corrected chi connectivity index (χ3v) is 6.36. The molecule has 2 amide bonds. The number of rotatable bonds is 6. The van der Waals surface area contributed by atoms with Crippen LogP contribution in [0.15, 0.2) is 82.2 Å². The first-order valence-electron chi connectivity index (χ1n) is 9.93.